The van der Waals surface area contributed by atoms with Gasteiger partial charge in [0.2, 0.25) is 0 Å². The van der Waals surface area contributed by atoms with E-state index in [-0.39, 0.29) is 11.7 Å². The van der Waals surface area contributed by atoms with Crippen LogP contribution in [0.25, 0.3) is 0 Å². The summed E-state index contributed by atoms with van der Waals surface area (Å²) in [6.07, 6.45) is 5.01. The first-order valence-corrected chi connectivity index (χ1v) is 11.4. The molecule has 1 atom stereocenters. The van der Waals surface area contributed by atoms with Gasteiger partial charge in [0.1, 0.15) is 15.9 Å². The quantitative estimate of drug-likeness (QED) is 0.625. The van der Waals surface area contributed by atoms with E-state index in [4.69, 9.17) is 10.8 Å². The Kier molecular flexibility index (Phi) is 9.10. The summed E-state index contributed by atoms with van der Waals surface area (Å²) < 4.78 is 26.2. The number of aliphatic carboxylic acids is 1. The molecule has 1 aromatic rings. The van der Waals surface area contributed by atoms with Crippen molar-refractivity contribution in [1.29, 1.82) is 0 Å². The Morgan fingerprint density at radius 3 is 2.21 bits per heavy atom. The molecule has 1 aliphatic carbocycles. The molecule has 0 saturated heterocycles. The summed E-state index contributed by atoms with van der Waals surface area (Å²) in [6, 6.07) is 7.37. The average molecular weight is 414 g/mol. The number of sulfone groups is 1. The molecule has 28 heavy (non-hydrogen) atoms. The summed E-state index contributed by atoms with van der Waals surface area (Å²) >= 11 is 0. The van der Waals surface area contributed by atoms with E-state index >= 15 is 0 Å². The standard InChI is InChI=1S/C11H15NO2.C9H16O4S/c1-8-3-5-9(6-4-8)7-10(12)11(13)14-2;1-14(12,13)7-3-6-9(8(10)11)4-2-5-9/h3-6,10H,7,12H2,1-2H3;2-7H2,1H3,(H,10,11). The Morgan fingerprint density at radius 2 is 1.82 bits per heavy atom. The molecule has 1 aliphatic rings. The van der Waals surface area contributed by atoms with E-state index in [0.717, 1.165) is 12.0 Å². The van der Waals surface area contributed by atoms with Crippen LogP contribution in [-0.4, -0.2) is 50.6 Å². The maximum atomic E-state index is 11.0. The molecular weight excluding hydrogens is 382 g/mol. The zero-order valence-corrected chi connectivity index (χ0v) is 17.6. The van der Waals surface area contributed by atoms with Crippen molar-refractivity contribution in [2.75, 3.05) is 19.1 Å². The second kappa shape index (κ2) is 10.6. The van der Waals surface area contributed by atoms with Gasteiger partial charge in [-0.1, -0.05) is 36.2 Å². The number of hydrogen-bond acceptors (Lipinski definition) is 6. The van der Waals surface area contributed by atoms with E-state index in [1.54, 1.807) is 0 Å². The van der Waals surface area contributed by atoms with Crippen LogP contribution in [0.5, 0.6) is 0 Å². The van der Waals surface area contributed by atoms with E-state index < -0.39 is 27.3 Å². The maximum Gasteiger partial charge on any atom is 0.322 e. The number of carbonyl (C=O) groups is 2. The minimum absolute atomic E-state index is 0.0992. The first-order chi connectivity index (χ1) is 13.0. The van der Waals surface area contributed by atoms with Gasteiger partial charge in [-0.3, -0.25) is 9.59 Å². The van der Waals surface area contributed by atoms with E-state index in [1.807, 2.05) is 31.2 Å². The van der Waals surface area contributed by atoms with Gasteiger partial charge in [-0.15, -0.1) is 0 Å². The lowest BCUT2D eigenvalue weighted by molar-refractivity contribution is -0.155. The van der Waals surface area contributed by atoms with Gasteiger partial charge >= 0.3 is 11.9 Å². The second-order valence-electron chi connectivity index (χ2n) is 7.49. The molecule has 0 bridgehead atoms. The van der Waals surface area contributed by atoms with Crippen LogP contribution >= 0.6 is 0 Å². The normalized spacial score (nSPS) is 16.1. The highest BCUT2D eigenvalue weighted by Crippen LogP contribution is 2.45. The van der Waals surface area contributed by atoms with Crippen LogP contribution in [0.15, 0.2) is 24.3 Å². The van der Waals surface area contributed by atoms with Crippen LogP contribution in [0.3, 0.4) is 0 Å². The van der Waals surface area contributed by atoms with E-state index in [1.165, 1.54) is 18.9 Å². The number of benzene rings is 1. The fourth-order valence-corrected chi connectivity index (χ4v) is 3.73. The van der Waals surface area contributed by atoms with Crippen LogP contribution in [0.4, 0.5) is 0 Å². The number of rotatable bonds is 8. The first kappa shape index (κ1) is 24.1. The molecule has 158 valence electrons. The van der Waals surface area contributed by atoms with Crippen molar-refractivity contribution in [3.63, 3.8) is 0 Å². The molecule has 0 radical (unpaired) electrons. The Labute approximate surface area is 167 Å². The molecule has 0 aromatic heterocycles. The van der Waals surface area contributed by atoms with E-state index in [2.05, 4.69) is 4.74 Å². The summed E-state index contributed by atoms with van der Waals surface area (Å²) in [7, 11) is -1.60. The van der Waals surface area contributed by atoms with Crippen LogP contribution < -0.4 is 5.73 Å². The van der Waals surface area contributed by atoms with Gasteiger partial charge < -0.3 is 15.6 Å². The number of aryl methyl sites for hydroxylation is 1. The highest BCUT2D eigenvalue weighted by molar-refractivity contribution is 7.90. The van der Waals surface area contributed by atoms with Gasteiger partial charge in [0, 0.05) is 12.0 Å². The molecular formula is C20H31NO6S. The topological polar surface area (TPSA) is 124 Å². The molecule has 1 unspecified atom stereocenters. The van der Waals surface area contributed by atoms with Gasteiger partial charge in [0.15, 0.2) is 0 Å². The minimum atomic E-state index is -2.95. The second-order valence-corrected chi connectivity index (χ2v) is 9.75. The molecule has 0 aliphatic heterocycles. The molecule has 3 N–H and O–H groups in total. The SMILES string of the molecule is COC(=O)C(N)Cc1ccc(C)cc1.CS(=O)(=O)CCCC1(C(=O)O)CCC1. The molecule has 0 amide bonds. The van der Waals surface area contributed by atoms with Crippen LogP contribution in [0, 0.1) is 12.3 Å². The summed E-state index contributed by atoms with van der Waals surface area (Å²) in [5.41, 5.74) is 7.26. The van der Waals surface area contributed by atoms with Crippen molar-refractivity contribution in [3.05, 3.63) is 35.4 Å². The summed E-state index contributed by atoms with van der Waals surface area (Å²) in [5.74, 6) is -1.04. The van der Waals surface area contributed by atoms with Crippen LogP contribution in [0.1, 0.15) is 43.2 Å². The monoisotopic (exact) mass is 413 g/mol. The minimum Gasteiger partial charge on any atom is -0.481 e. The largest absolute Gasteiger partial charge is 0.481 e. The van der Waals surface area contributed by atoms with Crippen molar-refractivity contribution >= 4 is 21.8 Å². The highest BCUT2D eigenvalue weighted by atomic mass is 32.2. The number of carboxylic acids is 1. The predicted molar refractivity (Wildman–Crippen MR) is 108 cm³/mol. The number of carboxylic acid groups (broad SMARTS) is 1. The molecule has 0 heterocycles. The molecule has 1 aromatic carbocycles. The number of hydrogen-bond donors (Lipinski definition) is 2. The Balaban J connectivity index is 0.000000280. The number of ether oxygens (including phenoxy) is 1. The van der Waals surface area contributed by atoms with E-state index in [0.29, 0.717) is 32.1 Å². The van der Waals surface area contributed by atoms with Crippen LogP contribution in [0.2, 0.25) is 0 Å². The van der Waals surface area contributed by atoms with Gasteiger partial charge in [0.05, 0.1) is 12.5 Å². The molecule has 1 saturated carbocycles. The Morgan fingerprint density at radius 1 is 1.25 bits per heavy atom. The summed E-state index contributed by atoms with van der Waals surface area (Å²) in [5, 5.41) is 8.96. The fraction of sp³-hybridized carbons (Fsp3) is 0.600. The predicted octanol–water partition coefficient (Wildman–Crippen LogP) is 2.10. The average Bonchev–Trinajstić information content (AvgIpc) is 2.57. The molecule has 2 rings (SSSR count). The lowest BCUT2D eigenvalue weighted by Gasteiger charge is -2.37. The zero-order valence-electron chi connectivity index (χ0n) is 16.8. The molecule has 1 fully saturated rings. The molecule has 7 nitrogen and oxygen atoms in total. The lowest BCUT2D eigenvalue weighted by Crippen LogP contribution is -2.38. The Hall–Kier alpha value is -1.93. The van der Waals surface area contributed by atoms with Crippen molar-refractivity contribution in [2.45, 2.75) is 51.5 Å². The third-order valence-electron chi connectivity index (χ3n) is 5.01. The van der Waals surface area contributed by atoms with Crippen molar-refractivity contribution in [1.82, 2.24) is 0 Å². The van der Waals surface area contributed by atoms with Crippen molar-refractivity contribution < 1.29 is 27.9 Å². The summed E-state index contributed by atoms with van der Waals surface area (Å²) in [6.45, 7) is 2.02. The van der Waals surface area contributed by atoms with Crippen molar-refractivity contribution in [2.24, 2.45) is 11.1 Å². The van der Waals surface area contributed by atoms with Gasteiger partial charge in [-0.25, -0.2) is 8.42 Å². The lowest BCUT2D eigenvalue weighted by atomic mass is 9.66. The fourth-order valence-electron chi connectivity index (χ4n) is 3.06. The number of methoxy groups -OCH3 is 1. The van der Waals surface area contributed by atoms with E-state index in [9.17, 15) is 18.0 Å². The highest BCUT2D eigenvalue weighted by Gasteiger charge is 2.43. The molecule has 0 spiro atoms. The third kappa shape index (κ3) is 7.98. The van der Waals surface area contributed by atoms with Gasteiger partial charge in [0.25, 0.3) is 0 Å². The van der Waals surface area contributed by atoms with Gasteiger partial charge in [-0.2, -0.15) is 0 Å². The maximum absolute atomic E-state index is 11.0. The number of esters is 1. The summed E-state index contributed by atoms with van der Waals surface area (Å²) in [4.78, 5) is 21.9. The zero-order chi connectivity index (χ0) is 21.4. The first-order valence-electron chi connectivity index (χ1n) is 9.29. The number of nitrogens with two attached hydrogens (primary N) is 1. The third-order valence-corrected chi connectivity index (χ3v) is 6.05. The Bertz CT molecular complexity index is 753. The smallest absolute Gasteiger partial charge is 0.322 e. The number of carbonyl (C=O) groups excluding carboxylic acids is 1. The molecule has 8 heteroatoms. The van der Waals surface area contributed by atoms with Crippen LogP contribution in [-0.2, 0) is 30.6 Å². The van der Waals surface area contributed by atoms with Crippen molar-refractivity contribution in [3.8, 4) is 0 Å². The van der Waals surface area contributed by atoms with Gasteiger partial charge in [-0.05, 0) is 44.6 Å².